The van der Waals surface area contributed by atoms with Gasteiger partial charge in [-0.2, -0.15) is 0 Å². The molecule has 3 heteroatoms. The molecule has 3 nitrogen and oxygen atoms in total. The maximum absolute atomic E-state index is 10.4. The van der Waals surface area contributed by atoms with E-state index in [9.17, 15) is 4.79 Å². The third-order valence-corrected chi connectivity index (χ3v) is 3.32. The number of carboxylic acid groups (broad SMARTS) is 1. The van der Waals surface area contributed by atoms with Crippen LogP contribution in [0.4, 0.5) is 0 Å². The highest BCUT2D eigenvalue weighted by Gasteiger charge is 2.19. The minimum atomic E-state index is -0.695. The molecule has 0 aromatic heterocycles. The standard InChI is InChI=1S/C12H23NO2/c1-10-4-3-5-11(8-10)9-13(2)7-6-12(14)15/h10-11H,3-9H2,1-2H3,(H,14,15). The van der Waals surface area contributed by atoms with Gasteiger partial charge < -0.3 is 10.0 Å². The summed E-state index contributed by atoms with van der Waals surface area (Å²) in [6.45, 7) is 4.07. The van der Waals surface area contributed by atoms with E-state index in [1.54, 1.807) is 0 Å². The van der Waals surface area contributed by atoms with E-state index in [2.05, 4.69) is 11.8 Å². The van der Waals surface area contributed by atoms with Crippen LogP contribution in [-0.2, 0) is 4.79 Å². The van der Waals surface area contributed by atoms with E-state index in [1.165, 1.54) is 25.7 Å². The lowest BCUT2D eigenvalue weighted by Gasteiger charge is -2.30. The van der Waals surface area contributed by atoms with Crippen molar-refractivity contribution in [3.63, 3.8) is 0 Å². The third-order valence-electron chi connectivity index (χ3n) is 3.32. The lowest BCUT2D eigenvalue weighted by Crippen LogP contribution is -2.30. The molecule has 88 valence electrons. The van der Waals surface area contributed by atoms with Crippen molar-refractivity contribution < 1.29 is 9.90 Å². The maximum Gasteiger partial charge on any atom is 0.304 e. The summed E-state index contributed by atoms with van der Waals surface area (Å²) < 4.78 is 0. The Hall–Kier alpha value is -0.570. The number of carboxylic acids is 1. The van der Waals surface area contributed by atoms with Crippen LogP contribution in [-0.4, -0.2) is 36.1 Å². The summed E-state index contributed by atoms with van der Waals surface area (Å²) in [6.07, 6.45) is 5.62. The van der Waals surface area contributed by atoms with Gasteiger partial charge in [-0.25, -0.2) is 0 Å². The highest BCUT2D eigenvalue weighted by atomic mass is 16.4. The summed E-state index contributed by atoms with van der Waals surface area (Å²) in [6, 6.07) is 0. The molecule has 1 aliphatic rings. The van der Waals surface area contributed by atoms with Crippen molar-refractivity contribution in [3.05, 3.63) is 0 Å². The average molecular weight is 213 g/mol. The Kier molecular flexibility index (Phi) is 5.09. The van der Waals surface area contributed by atoms with Crippen molar-refractivity contribution in [2.45, 2.75) is 39.0 Å². The molecule has 0 amide bonds. The molecule has 1 saturated carbocycles. The second-order valence-electron chi connectivity index (χ2n) is 5.04. The first-order valence-corrected chi connectivity index (χ1v) is 5.98. The largest absolute Gasteiger partial charge is 0.481 e. The van der Waals surface area contributed by atoms with Crippen LogP contribution in [0.25, 0.3) is 0 Å². The van der Waals surface area contributed by atoms with E-state index in [0.717, 1.165) is 18.4 Å². The topological polar surface area (TPSA) is 40.5 Å². The molecule has 0 radical (unpaired) electrons. The van der Waals surface area contributed by atoms with Gasteiger partial charge in [-0.3, -0.25) is 4.79 Å². The van der Waals surface area contributed by atoms with E-state index in [0.29, 0.717) is 6.54 Å². The minimum absolute atomic E-state index is 0.263. The molecule has 2 atom stereocenters. The minimum Gasteiger partial charge on any atom is -0.481 e. The van der Waals surface area contributed by atoms with Gasteiger partial charge in [0, 0.05) is 13.1 Å². The molecule has 1 rings (SSSR count). The van der Waals surface area contributed by atoms with Crippen molar-refractivity contribution in [2.24, 2.45) is 11.8 Å². The predicted molar refractivity (Wildman–Crippen MR) is 60.9 cm³/mol. The lowest BCUT2D eigenvalue weighted by atomic mass is 9.82. The zero-order valence-corrected chi connectivity index (χ0v) is 9.91. The smallest absolute Gasteiger partial charge is 0.304 e. The van der Waals surface area contributed by atoms with Crippen LogP contribution in [0, 0.1) is 11.8 Å². The second-order valence-corrected chi connectivity index (χ2v) is 5.04. The van der Waals surface area contributed by atoms with Gasteiger partial charge in [0.1, 0.15) is 0 Å². The van der Waals surface area contributed by atoms with E-state index in [1.807, 2.05) is 7.05 Å². The first-order chi connectivity index (χ1) is 7.08. The van der Waals surface area contributed by atoms with E-state index < -0.39 is 5.97 Å². The molecule has 0 bridgehead atoms. The average Bonchev–Trinajstić information content (AvgIpc) is 2.15. The summed E-state index contributed by atoms with van der Waals surface area (Å²) in [7, 11) is 2.03. The van der Waals surface area contributed by atoms with Gasteiger partial charge in [-0.1, -0.05) is 19.8 Å². The first kappa shape index (κ1) is 12.5. The number of carbonyl (C=O) groups is 1. The molecular formula is C12H23NO2. The quantitative estimate of drug-likeness (QED) is 0.761. The highest BCUT2D eigenvalue weighted by molar-refractivity contribution is 5.66. The summed E-state index contributed by atoms with van der Waals surface area (Å²) in [5, 5.41) is 8.58. The van der Waals surface area contributed by atoms with Gasteiger partial charge in [0.2, 0.25) is 0 Å². The zero-order chi connectivity index (χ0) is 11.3. The van der Waals surface area contributed by atoms with E-state index in [-0.39, 0.29) is 6.42 Å². The molecule has 0 heterocycles. The molecule has 1 aliphatic carbocycles. The number of hydrogen-bond donors (Lipinski definition) is 1. The van der Waals surface area contributed by atoms with Crippen molar-refractivity contribution in [1.29, 1.82) is 0 Å². The van der Waals surface area contributed by atoms with Crippen LogP contribution in [0.3, 0.4) is 0 Å². The Labute approximate surface area is 92.5 Å². The summed E-state index contributed by atoms with van der Waals surface area (Å²) >= 11 is 0. The fourth-order valence-electron chi connectivity index (χ4n) is 2.54. The SMILES string of the molecule is CC1CCCC(CN(C)CCC(=O)O)C1. The monoisotopic (exact) mass is 213 g/mol. The Morgan fingerprint density at radius 2 is 2.20 bits per heavy atom. The number of aliphatic carboxylic acids is 1. The normalized spacial score (nSPS) is 26.9. The molecule has 1 fully saturated rings. The second kappa shape index (κ2) is 6.11. The molecule has 2 unspecified atom stereocenters. The Morgan fingerprint density at radius 3 is 2.80 bits per heavy atom. The van der Waals surface area contributed by atoms with E-state index in [4.69, 9.17) is 5.11 Å². The third kappa shape index (κ3) is 5.17. The van der Waals surface area contributed by atoms with Crippen molar-refractivity contribution in [1.82, 2.24) is 4.90 Å². The Morgan fingerprint density at radius 1 is 1.47 bits per heavy atom. The zero-order valence-electron chi connectivity index (χ0n) is 9.91. The fraction of sp³-hybridized carbons (Fsp3) is 0.917. The van der Waals surface area contributed by atoms with Crippen LogP contribution in [0.2, 0.25) is 0 Å². The van der Waals surface area contributed by atoms with Crippen LogP contribution in [0.5, 0.6) is 0 Å². The van der Waals surface area contributed by atoms with Gasteiger partial charge in [-0.15, -0.1) is 0 Å². The fourth-order valence-corrected chi connectivity index (χ4v) is 2.54. The van der Waals surface area contributed by atoms with Crippen LogP contribution in [0.15, 0.2) is 0 Å². The number of nitrogens with zero attached hydrogens (tertiary/aromatic N) is 1. The maximum atomic E-state index is 10.4. The molecule has 1 N–H and O–H groups in total. The van der Waals surface area contributed by atoms with Gasteiger partial charge in [0.15, 0.2) is 0 Å². The number of hydrogen-bond acceptors (Lipinski definition) is 2. The van der Waals surface area contributed by atoms with Gasteiger partial charge in [0.05, 0.1) is 6.42 Å². The van der Waals surface area contributed by atoms with Crippen LogP contribution in [0.1, 0.15) is 39.0 Å². The summed E-state index contributed by atoms with van der Waals surface area (Å²) in [5.74, 6) is 0.947. The highest BCUT2D eigenvalue weighted by Crippen LogP contribution is 2.28. The molecule has 0 aliphatic heterocycles. The predicted octanol–water partition coefficient (Wildman–Crippen LogP) is 2.22. The molecular weight excluding hydrogens is 190 g/mol. The summed E-state index contributed by atoms with van der Waals surface area (Å²) in [5.41, 5.74) is 0. The Balaban J connectivity index is 2.18. The van der Waals surface area contributed by atoms with Crippen LogP contribution >= 0.6 is 0 Å². The molecule has 0 aromatic rings. The Bertz CT molecular complexity index is 206. The summed E-state index contributed by atoms with van der Waals surface area (Å²) in [4.78, 5) is 12.6. The van der Waals surface area contributed by atoms with Gasteiger partial charge in [-0.05, 0) is 31.7 Å². The molecule has 0 aromatic carbocycles. The lowest BCUT2D eigenvalue weighted by molar-refractivity contribution is -0.137. The number of rotatable bonds is 5. The van der Waals surface area contributed by atoms with Gasteiger partial charge in [0.25, 0.3) is 0 Å². The molecule has 0 saturated heterocycles. The van der Waals surface area contributed by atoms with Crippen LogP contribution < -0.4 is 0 Å². The van der Waals surface area contributed by atoms with E-state index >= 15 is 0 Å². The first-order valence-electron chi connectivity index (χ1n) is 5.98. The molecule has 0 spiro atoms. The van der Waals surface area contributed by atoms with Crippen molar-refractivity contribution >= 4 is 5.97 Å². The van der Waals surface area contributed by atoms with Crippen molar-refractivity contribution in [3.8, 4) is 0 Å². The van der Waals surface area contributed by atoms with Crippen molar-refractivity contribution in [2.75, 3.05) is 20.1 Å². The van der Waals surface area contributed by atoms with Gasteiger partial charge >= 0.3 is 5.97 Å². The molecule has 15 heavy (non-hydrogen) atoms.